The number of hydrogen-bond donors (Lipinski definition) is 1. The summed E-state index contributed by atoms with van der Waals surface area (Å²) in [6.07, 6.45) is 11.4. The van der Waals surface area contributed by atoms with Crippen LogP contribution in [0.15, 0.2) is 36.7 Å². The van der Waals surface area contributed by atoms with E-state index in [4.69, 9.17) is 5.11 Å². The molecule has 1 aromatic heterocycles. The van der Waals surface area contributed by atoms with Gasteiger partial charge in [-0.3, -0.25) is 14.7 Å². The van der Waals surface area contributed by atoms with E-state index in [2.05, 4.69) is 4.98 Å². The third kappa shape index (κ3) is 3.76. The standard InChI is InChI=1S/C18H19N3O4/c22-17(23)9-7-13-6-8-15(21(24)25)16(12-13)20-11-10-19-18(20)14-4-2-1-3-5-14/h6-12,14H,1-5H2,(H,22,23)/b9-7+. The fourth-order valence-electron chi connectivity index (χ4n) is 3.34. The van der Waals surface area contributed by atoms with E-state index in [1.54, 1.807) is 23.0 Å². The number of benzene rings is 1. The van der Waals surface area contributed by atoms with Gasteiger partial charge < -0.3 is 5.11 Å². The molecule has 25 heavy (non-hydrogen) atoms. The minimum atomic E-state index is -1.06. The molecule has 0 radical (unpaired) electrons. The highest BCUT2D eigenvalue weighted by Crippen LogP contribution is 2.34. The first-order chi connectivity index (χ1) is 12.1. The number of carboxylic acid groups (broad SMARTS) is 1. The summed E-state index contributed by atoms with van der Waals surface area (Å²) < 4.78 is 1.77. The smallest absolute Gasteiger partial charge is 0.328 e. The lowest BCUT2D eigenvalue weighted by Gasteiger charge is -2.22. The monoisotopic (exact) mass is 341 g/mol. The largest absolute Gasteiger partial charge is 0.478 e. The van der Waals surface area contributed by atoms with Crippen LogP contribution in [-0.4, -0.2) is 25.6 Å². The Hall–Kier alpha value is -2.96. The summed E-state index contributed by atoms with van der Waals surface area (Å²) in [7, 11) is 0. The van der Waals surface area contributed by atoms with Crippen molar-refractivity contribution in [3.05, 3.63) is 58.2 Å². The summed E-state index contributed by atoms with van der Waals surface area (Å²) in [5.41, 5.74) is 0.976. The van der Waals surface area contributed by atoms with E-state index in [9.17, 15) is 14.9 Å². The second-order valence-corrected chi connectivity index (χ2v) is 6.17. The van der Waals surface area contributed by atoms with E-state index >= 15 is 0 Å². The van der Waals surface area contributed by atoms with Gasteiger partial charge in [0.05, 0.1) is 4.92 Å². The Morgan fingerprint density at radius 1 is 1.32 bits per heavy atom. The van der Waals surface area contributed by atoms with E-state index in [1.165, 1.54) is 24.6 Å². The molecule has 1 aliphatic rings. The van der Waals surface area contributed by atoms with Crippen LogP contribution in [0.4, 0.5) is 5.69 Å². The maximum Gasteiger partial charge on any atom is 0.328 e. The van der Waals surface area contributed by atoms with Crippen LogP contribution in [0.5, 0.6) is 0 Å². The summed E-state index contributed by atoms with van der Waals surface area (Å²) >= 11 is 0. The average Bonchev–Trinajstić information content (AvgIpc) is 3.10. The van der Waals surface area contributed by atoms with E-state index in [-0.39, 0.29) is 5.69 Å². The minimum Gasteiger partial charge on any atom is -0.478 e. The molecule has 3 rings (SSSR count). The molecule has 0 atom stereocenters. The first-order valence-corrected chi connectivity index (χ1v) is 8.29. The summed E-state index contributed by atoms with van der Waals surface area (Å²) in [4.78, 5) is 26.2. The van der Waals surface area contributed by atoms with Crippen molar-refractivity contribution < 1.29 is 14.8 Å². The molecule has 1 N–H and O–H groups in total. The SMILES string of the molecule is O=C(O)/C=C/c1ccc([N+](=O)[O-])c(-n2ccnc2C2CCCCC2)c1. The highest BCUT2D eigenvalue weighted by molar-refractivity contribution is 5.85. The molecule has 1 fully saturated rings. The number of carboxylic acids is 1. The van der Waals surface area contributed by atoms with Crippen molar-refractivity contribution in [2.45, 2.75) is 38.0 Å². The Morgan fingerprint density at radius 2 is 2.08 bits per heavy atom. The first-order valence-electron chi connectivity index (χ1n) is 8.29. The van der Waals surface area contributed by atoms with Gasteiger partial charge in [-0.15, -0.1) is 0 Å². The van der Waals surface area contributed by atoms with Crippen molar-refractivity contribution in [3.8, 4) is 5.69 Å². The van der Waals surface area contributed by atoms with Gasteiger partial charge in [0.2, 0.25) is 0 Å². The number of carbonyl (C=O) groups is 1. The van der Waals surface area contributed by atoms with Crippen LogP contribution in [0.3, 0.4) is 0 Å². The number of imidazole rings is 1. The Morgan fingerprint density at radius 3 is 2.76 bits per heavy atom. The van der Waals surface area contributed by atoms with Crippen molar-refractivity contribution >= 4 is 17.7 Å². The van der Waals surface area contributed by atoms with Crippen LogP contribution in [0.1, 0.15) is 49.4 Å². The number of hydrogen-bond acceptors (Lipinski definition) is 4. The molecular formula is C18H19N3O4. The second-order valence-electron chi connectivity index (χ2n) is 6.17. The fraction of sp³-hybridized carbons (Fsp3) is 0.333. The maximum absolute atomic E-state index is 11.4. The van der Waals surface area contributed by atoms with Gasteiger partial charge in [-0.1, -0.05) is 19.3 Å². The van der Waals surface area contributed by atoms with Crippen molar-refractivity contribution in [1.82, 2.24) is 9.55 Å². The Kier molecular flexibility index (Phi) is 4.92. The van der Waals surface area contributed by atoms with Gasteiger partial charge in [0.25, 0.3) is 5.69 Å². The molecule has 130 valence electrons. The Labute approximate surface area is 144 Å². The van der Waals surface area contributed by atoms with Gasteiger partial charge in [-0.05, 0) is 36.6 Å². The first kappa shape index (κ1) is 16.9. The van der Waals surface area contributed by atoms with Crippen molar-refractivity contribution in [3.63, 3.8) is 0 Å². The molecule has 0 unspecified atom stereocenters. The van der Waals surface area contributed by atoms with Gasteiger partial charge >= 0.3 is 5.97 Å². The van der Waals surface area contributed by atoms with Crippen LogP contribution in [0, 0.1) is 10.1 Å². The molecule has 1 aromatic carbocycles. The van der Waals surface area contributed by atoms with Crippen LogP contribution in [0.2, 0.25) is 0 Å². The predicted molar refractivity (Wildman–Crippen MR) is 92.7 cm³/mol. The molecule has 0 amide bonds. The lowest BCUT2D eigenvalue weighted by Crippen LogP contribution is -2.12. The fourth-order valence-corrected chi connectivity index (χ4v) is 3.34. The van der Waals surface area contributed by atoms with Gasteiger partial charge in [-0.2, -0.15) is 0 Å². The minimum absolute atomic E-state index is 0.0254. The highest BCUT2D eigenvalue weighted by atomic mass is 16.6. The number of aliphatic carboxylic acids is 1. The molecule has 2 aromatic rings. The van der Waals surface area contributed by atoms with E-state index in [0.717, 1.165) is 37.6 Å². The number of nitro benzene ring substituents is 1. The van der Waals surface area contributed by atoms with E-state index in [1.807, 2.05) is 0 Å². The van der Waals surface area contributed by atoms with Crippen molar-refractivity contribution in [2.24, 2.45) is 0 Å². The molecule has 0 bridgehead atoms. The number of nitro groups is 1. The zero-order valence-electron chi connectivity index (χ0n) is 13.7. The van der Waals surface area contributed by atoms with Crippen molar-refractivity contribution in [2.75, 3.05) is 0 Å². The molecule has 0 aliphatic heterocycles. The summed E-state index contributed by atoms with van der Waals surface area (Å²) in [5.74, 6) is 0.0640. The molecule has 0 spiro atoms. The zero-order chi connectivity index (χ0) is 17.8. The molecule has 1 aliphatic carbocycles. The molecule has 7 heteroatoms. The topological polar surface area (TPSA) is 98.3 Å². The molecule has 1 heterocycles. The number of rotatable bonds is 5. The molecule has 7 nitrogen and oxygen atoms in total. The molecular weight excluding hydrogens is 322 g/mol. The van der Waals surface area contributed by atoms with Crippen molar-refractivity contribution in [1.29, 1.82) is 0 Å². The van der Waals surface area contributed by atoms with Crippen LogP contribution < -0.4 is 0 Å². The predicted octanol–water partition coefficient (Wildman–Crippen LogP) is 3.93. The zero-order valence-corrected chi connectivity index (χ0v) is 13.7. The average molecular weight is 341 g/mol. The third-order valence-corrected chi connectivity index (χ3v) is 4.51. The third-order valence-electron chi connectivity index (χ3n) is 4.51. The quantitative estimate of drug-likeness (QED) is 0.505. The maximum atomic E-state index is 11.4. The molecule has 0 saturated heterocycles. The summed E-state index contributed by atoms with van der Waals surface area (Å²) in [6.45, 7) is 0. The summed E-state index contributed by atoms with van der Waals surface area (Å²) in [6, 6.07) is 4.57. The van der Waals surface area contributed by atoms with Crippen LogP contribution in [0.25, 0.3) is 11.8 Å². The van der Waals surface area contributed by atoms with Gasteiger partial charge in [0.1, 0.15) is 11.5 Å². The van der Waals surface area contributed by atoms with Gasteiger partial charge in [0, 0.05) is 30.5 Å². The lowest BCUT2D eigenvalue weighted by molar-refractivity contribution is -0.384. The highest BCUT2D eigenvalue weighted by Gasteiger charge is 2.24. The van der Waals surface area contributed by atoms with E-state index < -0.39 is 10.9 Å². The molecule has 1 saturated carbocycles. The number of aromatic nitrogens is 2. The second kappa shape index (κ2) is 7.29. The van der Waals surface area contributed by atoms with Crippen LogP contribution in [-0.2, 0) is 4.79 Å². The Balaban J connectivity index is 2.06. The van der Waals surface area contributed by atoms with Gasteiger partial charge in [-0.25, -0.2) is 9.78 Å². The van der Waals surface area contributed by atoms with E-state index in [0.29, 0.717) is 17.2 Å². The Bertz CT molecular complexity index is 819. The lowest BCUT2D eigenvalue weighted by atomic mass is 9.88. The number of nitrogens with zero attached hydrogens (tertiary/aromatic N) is 3. The van der Waals surface area contributed by atoms with Gasteiger partial charge in [0.15, 0.2) is 0 Å². The van der Waals surface area contributed by atoms with Crippen LogP contribution >= 0.6 is 0 Å². The summed E-state index contributed by atoms with van der Waals surface area (Å²) in [5, 5.41) is 20.2. The normalized spacial score (nSPS) is 15.5.